The Labute approximate surface area is 97.1 Å². The molecule has 0 aromatic carbocycles. The van der Waals surface area contributed by atoms with Gasteiger partial charge in [-0.25, -0.2) is 0 Å². The zero-order chi connectivity index (χ0) is 11.5. The van der Waals surface area contributed by atoms with Crippen LogP contribution in [0.15, 0.2) is 12.2 Å². The molecule has 2 nitrogen and oxygen atoms in total. The SMILES string of the molecule is CC(C)(C)O[C@H]1CC(=O)[C@H]2[C@@H]1[C@H]1C=C[C@@H]2C1. The largest absolute Gasteiger partial charge is 0.372 e. The molecule has 0 saturated heterocycles. The minimum absolute atomic E-state index is 0.134. The van der Waals surface area contributed by atoms with Crippen molar-refractivity contribution in [1.82, 2.24) is 0 Å². The lowest BCUT2D eigenvalue weighted by molar-refractivity contribution is -0.122. The average Bonchev–Trinajstić information content (AvgIpc) is 2.76. The number of Topliss-reactive ketones (excluding diaryl/α,β-unsaturated/α-hetero) is 1. The highest BCUT2D eigenvalue weighted by Crippen LogP contribution is 2.55. The third-order valence-corrected chi connectivity index (χ3v) is 4.23. The molecule has 88 valence electrons. The number of ketones is 1. The lowest BCUT2D eigenvalue weighted by Crippen LogP contribution is -2.33. The van der Waals surface area contributed by atoms with Crippen LogP contribution >= 0.6 is 0 Å². The van der Waals surface area contributed by atoms with E-state index < -0.39 is 0 Å². The summed E-state index contributed by atoms with van der Waals surface area (Å²) in [5, 5.41) is 0. The number of carbonyl (C=O) groups excluding carboxylic acids is 1. The number of hydrogen-bond acceptors (Lipinski definition) is 2. The van der Waals surface area contributed by atoms with Gasteiger partial charge in [0.1, 0.15) is 5.78 Å². The molecule has 5 atom stereocenters. The maximum Gasteiger partial charge on any atom is 0.139 e. The third-order valence-electron chi connectivity index (χ3n) is 4.23. The minimum atomic E-state index is -0.134. The summed E-state index contributed by atoms with van der Waals surface area (Å²) in [7, 11) is 0. The van der Waals surface area contributed by atoms with Crippen LogP contribution in [-0.2, 0) is 9.53 Å². The van der Waals surface area contributed by atoms with E-state index in [0.29, 0.717) is 30.0 Å². The van der Waals surface area contributed by atoms with Crippen molar-refractivity contribution in [1.29, 1.82) is 0 Å². The van der Waals surface area contributed by atoms with E-state index in [1.165, 1.54) is 6.42 Å². The van der Waals surface area contributed by atoms with Crippen molar-refractivity contribution in [2.45, 2.75) is 45.3 Å². The van der Waals surface area contributed by atoms with Crippen LogP contribution in [0.4, 0.5) is 0 Å². The standard InChI is InChI=1S/C14H20O2/c1-14(2,3)16-11-7-10(15)12-8-4-5-9(6-8)13(11)12/h4-5,8-9,11-13H,6-7H2,1-3H3/t8-,9+,11+,12+,13-/m1/s1. The highest BCUT2D eigenvalue weighted by Gasteiger charge is 2.56. The first-order chi connectivity index (χ1) is 7.46. The molecule has 0 aliphatic heterocycles. The van der Waals surface area contributed by atoms with Gasteiger partial charge in [0.05, 0.1) is 11.7 Å². The molecule has 0 radical (unpaired) electrons. The molecule has 16 heavy (non-hydrogen) atoms. The second-order valence-corrected chi connectivity index (χ2v) is 6.49. The van der Waals surface area contributed by atoms with E-state index in [9.17, 15) is 4.79 Å². The maximum absolute atomic E-state index is 12.0. The Morgan fingerprint density at radius 1 is 1.25 bits per heavy atom. The quantitative estimate of drug-likeness (QED) is 0.635. The van der Waals surface area contributed by atoms with Crippen LogP contribution in [0, 0.1) is 23.7 Å². The molecule has 0 aromatic heterocycles. The Balaban J connectivity index is 1.83. The molecule has 3 aliphatic rings. The zero-order valence-corrected chi connectivity index (χ0v) is 10.3. The molecule has 3 rings (SSSR count). The summed E-state index contributed by atoms with van der Waals surface area (Å²) in [5.74, 6) is 2.32. The van der Waals surface area contributed by atoms with E-state index >= 15 is 0 Å². The van der Waals surface area contributed by atoms with Crippen LogP contribution in [0.2, 0.25) is 0 Å². The smallest absolute Gasteiger partial charge is 0.139 e. The molecular weight excluding hydrogens is 200 g/mol. The van der Waals surface area contributed by atoms with Crippen molar-refractivity contribution < 1.29 is 9.53 Å². The average molecular weight is 220 g/mol. The lowest BCUT2D eigenvalue weighted by atomic mass is 9.84. The molecule has 2 saturated carbocycles. The van der Waals surface area contributed by atoms with Gasteiger partial charge in [-0.1, -0.05) is 12.2 Å². The fourth-order valence-electron chi connectivity index (χ4n) is 3.87. The van der Waals surface area contributed by atoms with Crippen molar-refractivity contribution >= 4 is 5.78 Å². The zero-order valence-electron chi connectivity index (χ0n) is 10.3. The number of ether oxygens (including phenoxy) is 1. The minimum Gasteiger partial charge on any atom is -0.372 e. The third kappa shape index (κ3) is 1.46. The highest BCUT2D eigenvalue weighted by atomic mass is 16.5. The predicted octanol–water partition coefficient (Wildman–Crippen LogP) is 2.58. The van der Waals surface area contributed by atoms with Crippen molar-refractivity contribution in [3.8, 4) is 0 Å². The van der Waals surface area contributed by atoms with Crippen molar-refractivity contribution in [2.75, 3.05) is 0 Å². The summed E-state index contributed by atoms with van der Waals surface area (Å²) in [6.07, 6.45) is 6.55. The van der Waals surface area contributed by atoms with Crippen LogP contribution in [0.5, 0.6) is 0 Å². The molecule has 0 heterocycles. The molecular formula is C14H20O2. The second-order valence-electron chi connectivity index (χ2n) is 6.49. The van der Waals surface area contributed by atoms with Crippen LogP contribution < -0.4 is 0 Å². The topological polar surface area (TPSA) is 26.3 Å². The van der Waals surface area contributed by atoms with E-state index in [2.05, 4.69) is 32.9 Å². The summed E-state index contributed by atoms with van der Waals surface area (Å²) in [5.41, 5.74) is -0.134. The Hall–Kier alpha value is -0.630. The Morgan fingerprint density at radius 2 is 1.94 bits per heavy atom. The van der Waals surface area contributed by atoms with Gasteiger partial charge in [-0.2, -0.15) is 0 Å². The number of rotatable bonds is 1. The second kappa shape index (κ2) is 3.19. The fourth-order valence-corrected chi connectivity index (χ4v) is 3.87. The molecule has 2 bridgehead atoms. The van der Waals surface area contributed by atoms with Gasteiger partial charge in [-0.05, 0) is 39.0 Å². The maximum atomic E-state index is 12.0. The Morgan fingerprint density at radius 3 is 2.62 bits per heavy atom. The molecule has 0 spiro atoms. The van der Waals surface area contributed by atoms with Crippen LogP contribution in [0.25, 0.3) is 0 Å². The van der Waals surface area contributed by atoms with Gasteiger partial charge < -0.3 is 4.74 Å². The summed E-state index contributed by atoms with van der Waals surface area (Å²) in [6, 6.07) is 0. The summed E-state index contributed by atoms with van der Waals surface area (Å²) < 4.78 is 6.08. The van der Waals surface area contributed by atoms with Gasteiger partial charge in [-0.3, -0.25) is 4.79 Å². The molecule has 3 aliphatic carbocycles. The van der Waals surface area contributed by atoms with Crippen LogP contribution in [-0.4, -0.2) is 17.5 Å². The summed E-state index contributed by atoms with van der Waals surface area (Å²) >= 11 is 0. The monoisotopic (exact) mass is 220 g/mol. The molecule has 0 N–H and O–H groups in total. The van der Waals surface area contributed by atoms with Crippen molar-refractivity contribution in [3.63, 3.8) is 0 Å². The Kier molecular flexibility index (Phi) is 2.10. The van der Waals surface area contributed by atoms with E-state index in [1.807, 2.05) is 0 Å². The summed E-state index contributed by atoms with van der Waals surface area (Å²) in [4.78, 5) is 12.0. The lowest BCUT2D eigenvalue weighted by Gasteiger charge is -2.31. The van der Waals surface area contributed by atoms with Gasteiger partial charge in [-0.15, -0.1) is 0 Å². The highest BCUT2D eigenvalue weighted by molar-refractivity contribution is 5.85. The van der Waals surface area contributed by atoms with Crippen molar-refractivity contribution in [2.24, 2.45) is 23.7 Å². The van der Waals surface area contributed by atoms with Gasteiger partial charge in [0.25, 0.3) is 0 Å². The van der Waals surface area contributed by atoms with Gasteiger partial charge in [0.2, 0.25) is 0 Å². The number of carbonyl (C=O) groups is 1. The van der Waals surface area contributed by atoms with Gasteiger partial charge in [0.15, 0.2) is 0 Å². The van der Waals surface area contributed by atoms with Crippen LogP contribution in [0.1, 0.15) is 33.6 Å². The number of allylic oxidation sites excluding steroid dienone is 2. The first-order valence-electron chi connectivity index (χ1n) is 6.34. The van der Waals surface area contributed by atoms with E-state index in [4.69, 9.17) is 4.74 Å². The first kappa shape index (κ1) is 10.5. The molecule has 0 unspecified atom stereocenters. The fraction of sp³-hybridized carbons (Fsp3) is 0.786. The first-order valence-corrected chi connectivity index (χ1v) is 6.34. The van der Waals surface area contributed by atoms with E-state index in [1.54, 1.807) is 0 Å². The predicted molar refractivity (Wildman–Crippen MR) is 62.0 cm³/mol. The van der Waals surface area contributed by atoms with Gasteiger partial charge >= 0.3 is 0 Å². The molecule has 0 amide bonds. The molecule has 2 heteroatoms. The van der Waals surface area contributed by atoms with Crippen molar-refractivity contribution in [3.05, 3.63) is 12.2 Å². The Bertz CT molecular complexity index is 350. The van der Waals surface area contributed by atoms with E-state index in [-0.39, 0.29) is 17.6 Å². The molecule has 2 fully saturated rings. The van der Waals surface area contributed by atoms with Gasteiger partial charge in [0, 0.05) is 18.3 Å². The number of fused-ring (bicyclic) bond motifs is 5. The van der Waals surface area contributed by atoms with Crippen LogP contribution in [0.3, 0.4) is 0 Å². The number of hydrogen-bond donors (Lipinski definition) is 0. The summed E-state index contributed by atoms with van der Waals surface area (Å²) in [6.45, 7) is 6.23. The molecule has 0 aromatic rings. The normalized spacial score (nSPS) is 45.4. The van der Waals surface area contributed by atoms with E-state index in [0.717, 1.165) is 0 Å².